The van der Waals surface area contributed by atoms with E-state index >= 15 is 0 Å². The van der Waals surface area contributed by atoms with Crippen molar-refractivity contribution in [2.45, 2.75) is 0 Å². The Labute approximate surface area is 126 Å². The molecule has 3 heterocycles. The van der Waals surface area contributed by atoms with E-state index in [4.69, 9.17) is 4.42 Å². The second-order valence-corrected chi connectivity index (χ2v) is 4.74. The molecule has 1 N–H and O–H groups in total. The van der Waals surface area contributed by atoms with Crippen LogP contribution in [-0.4, -0.2) is 15.0 Å². The average Bonchev–Trinajstić information content (AvgIpc) is 3.00. The molecule has 22 heavy (non-hydrogen) atoms. The summed E-state index contributed by atoms with van der Waals surface area (Å²) >= 11 is 0. The van der Waals surface area contributed by atoms with Crippen LogP contribution in [0.15, 0.2) is 71.5 Å². The molecule has 0 aliphatic carbocycles. The Bertz CT molecular complexity index is 885. The maximum Gasteiger partial charge on any atom is 0.161 e. The number of nitrogens with zero attached hydrogens (tertiary/aromatic N) is 3. The van der Waals surface area contributed by atoms with Crippen LogP contribution in [0.3, 0.4) is 0 Å². The minimum atomic E-state index is 0.611. The van der Waals surface area contributed by atoms with E-state index in [0.717, 1.165) is 11.0 Å². The lowest BCUT2D eigenvalue weighted by molar-refractivity contribution is 0.628. The summed E-state index contributed by atoms with van der Waals surface area (Å²) in [6, 6.07) is 15.5. The van der Waals surface area contributed by atoms with Crippen molar-refractivity contribution in [1.29, 1.82) is 0 Å². The van der Waals surface area contributed by atoms with Gasteiger partial charge in [0.15, 0.2) is 11.6 Å². The molecule has 0 aliphatic rings. The molecular weight excluding hydrogens is 276 g/mol. The first-order valence-corrected chi connectivity index (χ1v) is 6.88. The lowest BCUT2D eigenvalue weighted by Crippen LogP contribution is -1.99. The highest BCUT2D eigenvalue weighted by atomic mass is 16.3. The van der Waals surface area contributed by atoms with Crippen LogP contribution >= 0.6 is 0 Å². The highest BCUT2D eigenvalue weighted by Gasteiger charge is 2.13. The lowest BCUT2D eigenvalue weighted by Gasteiger charge is -2.07. The zero-order valence-corrected chi connectivity index (χ0v) is 11.6. The third kappa shape index (κ3) is 2.29. The van der Waals surface area contributed by atoms with Crippen molar-refractivity contribution in [3.05, 3.63) is 67.1 Å². The number of anilines is 2. The SMILES string of the molecule is c1ccc(Nc2nccnc2-c2cc3ccccc3o2)nc1. The fraction of sp³-hybridized carbons (Fsp3) is 0. The number of benzene rings is 1. The van der Waals surface area contributed by atoms with Crippen molar-refractivity contribution in [3.63, 3.8) is 0 Å². The van der Waals surface area contributed by atoms with Crippen LogP contribution in [0.4, 0.5) is 11.6 Å². The van der Waals surface area contributed by atoms with Crippen molar-refractivity contribution < 1.29 is 4.42 Å². The van der Waals surface area contributed by atoms with Gasteiger partial charge in [-0.25, -0.2) is 15.0 Å². The number of furan rings is 1. The predicted molar refractivity (Wildman–Crippen MR) is 84.8 cm³/mol. The van der Waals surface area contributed by atoms with Crippen molar-refractivity contribution in [1.82, 2.24) is 15.0 Å². The van der Waals surface area contributed by atoms with Crippen LogP contribution in [0.1, 0.15) is 0 Å². The topological polar surface area (TPSA) is 63.8 Å². The van der Waals surface area contributed by atoms with Crippen molar-refractivity contribution in [3.8, 4) is 11.5 Å². The van der Waals surface area contributed by atoms with Crippen LogP contribution in [0, 0.1) is 0 Å². The highest BCUT2D eigenvalue weighted by molar-refractivity contribution is 5.84. The molecule has 1 aromatic carbocycles. The van der Waals surface area contributed by atoms with E-state index in [1.807, 2.05) is 48.5 Å². The first-order valence-electron chi connectivity index (χ1n) is 6.88. The molecule has 0 saturated heterocycles. The molecule has 4 rings (SSSR count). The van der Waals surface area contributed by atoms with Crippen LogP contribution in [0.2, 0.25) is 0 Å². The molecule has 0 spiro atoms. The van der Waals surface area contributed by atoms with Crippen molar-refractivity contribution in [2.24, 2.45) is 0 Å². The fourth-order valence-corrected chi connectivity index (χ4v) is 2.27. The quantitative estimate of drug-likeness (QED) is 0.616. The number of rotatable bonds is 3. The molecule has 0 bridgehead atoms. The van der Waals surface area contributed by atoms with E-state index in [0.29, 0.717) is 23.1 Å². The van der Waals surface area contributed by atoms with Gasteiger partial charge in [0.2, 0.25) is 0 Å². The van der Waals surface area contributed by atoms with E-state index < -0.39 is 0 Å². The molecule has 3 aromatic heterocycles. The van der Waals surface area contributed by atoms with Gasteiger partial charge in [0.05, 0.1) is 0 Å². The Morgan fingerprint density at radius 1 is 0.818 bits per heavy atom. The van der Waals surface area contributed by atoms with Gasteiger partial charge in [-0.3, -0.25) is 0 Å². The molecule has 0 saturated carbocycles. The molecule has 0 radical (unpaired) electrons. The number of hydrogen-bond donors (Lipinski definition) is 1. The van der Waals surface area contributed by atoms with E-state index in [9.17, 15) is 0 Å². The summed E-state index contributed by atoms with van der Waals surface area (Å²) in [6.07, 6.45) is 5.00. The monoisotopic (exact) mass is 288 g/mol. The molecule has 0 fully saturated rings. The van der Waals surface area contributed by atoms with E-state index in [1.165, 1.54) is 0 Å². The summed E-state index contributed by atoms with van der Waals surface area (Å²) in [7, 11) is 0. The Hall–Kier alpha value is -3.21. The summed E-state index contributed by atoms with van der Waals surface area (Å²) < 4.78 is 5.87. The van der Waals surface area contributed by atoms with Crippen LogP contribution < -0.4 is 5.32 Å². The Morgan fingerprint density at radius 3 is 2.55 bits per heavy atom. The zero-order valence-electron chi connectivity index (χ0n) is 11.6. The largest absolute Gasteiger partial charge is 0.454 e. The Morgan fingerprint density at radius 2 is 1.68 bits per heavy atom. The van der Waals surface area contributed by atoms with Crippen LogP contribution in [0.5, 0.6) is 0 Å². The summed E-state index contributed by atoms with van der Waals surface area (Å²) in [6.45, 7) is 0. The number of pyridine rings is 1. The standard InChI is InChI=1S/C17H12N4O/c1-2-6-13-12(5-1)11-14(22-13)16-17(20-10-9-19-16)21-15-7-3-4-8-18-15/h1-11H,(H,18,20,21). The van der Waals surface area contributed by atoms with Crippen molar-refractivity contribution >= 4 is 22.6 Å². The molecule has 5 heteroatoms. The third-order valence-electron chi connectivity index (χ3n) is 3.27. The molecule has 0 amide bonds. The first kappa shape index (κ1) is 12.5. The fourth-order valence-electron chi connectivity index (χ4n) is 2.27. The summed E-state index contributed by atoms with van der Waals surface area (Å²) in [5.41, 5.74) is 1.48. The van der Waals surface area contributed by atoms with Gasteiger partial charge in [-0.1, -0.05) is 24.3 Å². The molecule has 4 aromatic rings. The van der Waals surface area contributed by atoms with Gasteiger partial charge in [-0.05, 0) is 24.3 Å². The summed E-state index contributed by atoms with van der Waals surface area (Å²) in [5, 5.41) is 4.20. The predicted octanol–water partition coefficient (Wildman–Crippen LogP) is 4.03. The third-order valence-corrected chi connectivity index (χ3v) is 3.27. The molecule has 0 unspecified atom stereocenters. The number of nitrogens with one attached hydrogen (secondary N) is 1. The van der Waals surface area contributed by atoms with Crippen LogP contribution in [0.25, 0.3) is 22.4 Å². The second kappa shape index (κ2) is 5.29. The van der Waals surface area contributed by atoms with Gasteiger partial charge in [0.1, 0.15) is 17.1 Å². The zero-order chi connectivity index (χ0) is 14.8. The molecule has 5 nitrogen and oxygen atoms in total. The maximum absolute atomic E-state index is 5.87. The average molecular weight is 288 g/mol. The number of aromatic nitrogens is 3. The van der Waals surface area contributed by atoms with E-state index in [1.54, 1.807) is 18.6 Å². The minimum Gasteiger partial charge on any atom is -0.454 e. The van der Waals surface area contributed by atoms with Gasteiger partial charge in [-0.2, -0.15) is 0 Å². The second-order valence-electron chi connectivity index (χ2n) is 4.74. The molecular formula is C17H12N4O. The summed E-state index contributed by atoms with van der Waals surface area (Å²) in [5.74, 6) is 1.99. The Kier molecular flexibility index (Phi) is 3.01. The van der Waals surface area contributed by atoms with Gasteiger partial charge in [-0.15, -0.1) is 0 Å². The lowest BCUT2D eigenvalue weighted by atomic mass is 10.2. The smallest absolute Gasteiger partial charge is 0.161 e. The first-order chi connectivity index (χ1) is 10.9. The molecule has 0 atom stereocenters. The number of hydrogen-bond acceptors (Lipinski definition) is 5. The summed E-state index contributed by atoms with van der Waals surface area (Å²) in [4.78, 5) is 13.0. The van der Waals surface area contributed by atoms with E-state index in [-0.39, 0.29) is 0 Å². The normalized spacial score (nSPS) is 10.7. The van der Waals surface area contributed by atoms with Gasteiger partial charge >= 0.3 is 0 Å². The Balaban J connectivity index is 1.78. The van der Waals surface area contributed by atoms with Gasteiger partial charge < -0.3 is 9.73 Å². The van der Waals surface area contributed by atoms with Gasteiger partial charge in [0, 0.05) is 24.0 Å². The van der Waals surface area contributed by atoms with Crippen LogP contribution in [-0.2, 0) is 0 Å². The number of para-hydroxylation sites is 1. The van der Waals surface area contributed by atoms with Crippen molar-refractivity contribution in [2.75, 3.05) is 5.32 Å². The number of fused-ring (bicyclic) bond motifs is 1. The molecule has 0 aliphatic heterocycles. The maximum atomic E-state index is 5.87. The highest BCUT2D eigenvalue weighted by Crippen LogP contribution is 2.30. The van der Waals surface area contributed by atoms with E-state index in [2.05, 4.69) is 20.3 Å². The molecule has 106 valence electrons. The minimum absolute atomic E-state index is 0.611. The van der Waals surface area contributed by atoms with Gasteiger partial charge in [0.25, 0.3) is 0 Å².